The Morgan fingerprint density at radius 3 is 2.58 bits per heavy atom. The van der Waals surface area contributed by atoms with Gasteiger partial charge < -0.3 is 10.4 Å². The average molecular weight is 461 g/mol. The lowest BCUT2D eigenvalue weighted by Gasteiger charge is -2.14. The molecule has 0 aliphatic heterocycles. The second-order valence-electron chi connectivity index (χ2n) is 7.52. The number of aromatic nitrogens is 2. The zero-order valence-corrected chi connectivity index (χ0v) is 18.6. The van der Waals surface area contributed by atoms with Crippen LogP contribution in [-0.2, 0) is 11.3 Å². The summed E-state index contributed by atoms with van der Waals surface area (Å²) in [6, 6.07) is 13.8. The molecule has 0 spiro atoms. The van der Waals surface area contributed by atoms with Crippen LogP contribution in [0.5, 0.6) is 0 Å². The number of hydrogen-bond donors (Lipinski definition) is 2. The van der Waals surface area contributed by atoms with E-state index >= 15 is 0 Å². The van der Waals surface area contributed by atoms with Crippen LogP contribution in [0.1, 0.15) is 33.2 Å². The van der Waals surface area contributed by atoms with E-state index < -0.39 is 17.4 Å². The van der Waals surface area contributed by atoms with Crippen molar-refractivity contribution in [2.75, 3.05) is 5.32 Å². The third-order valence-electron chi connectivity index (χ3n) is 5.05. The number of aromatic carboxylic acids is 1. The number of carbonyl (C=O) groups excluding carboxylic acids is 2. The number of benzene rings is 2. The van der Waals surface area contributed by atoms with Crippen LogP contribution in [0.25, 0.3) is 21.6 Å². The molecule has 2 aromatic heterocycles. The van der Waals surface area contributed by atoms with Crippen molar-refractivity contribution in [3.05, 3.63) is 81.0 Å². The maximum Gasteiger partial charge on any atom is 0.337 e. The third kappa shape index (κ3) is 4.44. The summed E-state index contributed by atoms with van der Waals surface area (Å²) in [5.74, 6) is -1.62. The Balaban J connectivity index is 1.80. The highest BCUT2D eigenvalue weighted by Crippen LogP contribution is 2.26. The molecular weight excluding hydrogens is 442 g/mol. The van der Waals surface area contributed by atoms with Gasteiger partial charge in [0.2, 0.25) is 5.91 Å². The van der Waals surface area contributed by atoms with E-state index in [1.54, 1.807) is 30.3 Å². The minimum atomic E-state index is -1.24. The Kier molecular flexibility index (Phi) is 5.89. The molecule has 2 N–H and O–H groups in total. The van der Waals surface area contributed by atoms with E-state index in [0.717, 1.165) is 16.9 Å². The molecular formula is C24H19N3O5S. The number of carboxylic acid groups (broad SMARTS) is 1. The number of fused-ring (bicyclic) bond motifs is 1. The van der Waals surface area contributed by atoms with Crippen molar-refractivity contribution in [3.8, 4) is 11.4 Å². The molecule has 0 radical (unpaired) electrons. The maximum atomic E-state index is 13.4. The molecule has 2 aromatic carbocycles. The van der Waals surface area contributed by atoms with E-state index in [1.165, 1.54) is 16.9 Å². The first kappa shape index (κ1) is 22.1. The van der Waals surface area contributed by atoms with Gasteiger partial charge in [-0.05, 0) is 32.0 Å². The second kappa shape index (κ2) is 8.79. The summed E-state index contributed by atoms with van der Waals surface area (Å²) in [5.41, 5.74) is 1.67. The van der Waals surface area contributed by atoms with Gasteiger partial charge in [0.15, 0.2) is 5.78 Å². The highest BCUT2D eigenvalue weighted by Gasteiger charge is 2.21. The maximum absolute atomic E-state index is 13.4. The van der Waals surface area contributed by atoms with Gasteiger partial charge >= 0.3 is 5.97 Å². The van der Waals surface area contributed by atoms with Crippen LogP contribution in [0.4, 0.5) is 5.69 Å². The van der Waals surface area contributed by atoms with Gasteiger partial charge in [0.25, 0.3) is 5.56 Å². The fraction of sp³-hybridized carbons (Fsp3) is 0.125. The SMILES string of the molecule is CC(=O)c1cccc(NC(=O)Cn2c(-c3cccc(C)c3)nc3scc(C(=O)O)c3c2=O)c1. The Bertz CT molecular complexity index is 1490. The number of nitrogens with zero attached hydrogens (tertiary/aromatic N) is 2. The van der Waals surface area contributed by atoms with Crippen molar-refractivity contribution in [2.24, 2.45) is 0 Å². The molecule has 0 aliphatic rings. The molecule has 33 heavy (non-hydrogen) atoms. The van der Waals surface area contributed by atoms with Crippen molar-refractivity contribution in [1.82, 2.24) is 9.55 Å². The smallest absolute Gasteiger partial charge is 0.337 e. The minimum absolute atomic E-state index is 0.0321. The van der Waals surface area contributed by atoms with Crippen LogP contribution < -0.4 is 10.9 Å². The summed E-state index contributed by atoms with van der Waals surface area (Å²) in [5, 5.41) is 13.5. The number of anilines is 1. The highest BCUT2D eigenvalue weighted by molar-refractivity contribution is 7.17. The molecule has 0 unspecified atom stereocenters. The minimum Gasteiger partial charge on any atom is -0.478 e. The van der Waals surface area contributed by atoms with Gasteiger partial charge in [-0.1, -0.05) is 35.9 Å². The first-order valence-corrected chi connectivity index (χ1v) is 10.9. The van der Waals surface area contributed by atoms with Crippen molar-refractivity contribution < 1.29 is 19.5 Å². The van der Waals surface area contributed by atoms with Gasteiger partial charge in [-0.15, -0.1) is 11.3 Å². The molecule has 1 amide bonds. The number of nitrogens with one attached hydrogen (secondary N) is 1. The summed E-state index contributed by atoms with van der Waals surface area (Å²) < 4.78 is 1.18. The fourth-order valence-electron chi connectivity index (χ4n) is 3.49. The van der Waals surface area contributed by atoms with Crippen molar-refractivity contribution >= 4 is 44.9 Å². The normalized spacial score (nSPS) is 10.8. The molecule has 2 heterocycles. The number of ketones is 1. The van der Waals surface area contributed by atoms with E-state index in [1.807, 2.05) is 25.1 Å². The summed E-state index contributed by atoms with van der Waals surface area (Å²) in [4.78, 5) is 54.3. The predicted octanol–water partition coefficient (Wildman–Crippen LogP) is 3.97. The Hall–Kier alpha value is -4.11. The Labute approximate surface area is 192 Å². The number of amides is 1. The van der Waals surface area contributed by atoms with Crippen LogP contribution >= 0.6 is 11.3 Å². The molecule has 0 bridgehead atoms. The number of Topliss-reactive ketones (excluding diaryl/α,β-unsaturated/α-hetero) is 1. The zero-order valence-electron chi connectivity index (χ0n) is 17.8. The molecule has 0 saturated carbocycles. The van der Waals surface area contributed by atoms with Gasteiger partial charge in [-0.3, -0.25) is 19.0 Å². The molecule has 4 aromatic rings. The van der Waals surface area contributed by atoms with Crippen molar-refractivity contribution in [3.63, 3.8) is 0 Å². The van der Waals surface area contributed by atoms with Crippen LogP contribution in [-0.4, -0.2) is 32.3 Å². The molecule has 0 aliphatic carbocycles. The first-order valence-electron chi connectivity index (χ1n) is 9.98. The summed E-state index contributed by atoms with van der Waals surface area (Å²) in [7, 11) is 0. The van der Waals surface area contributed by atoms with Gasteiger partial charge in [0, 0.05) is 22.2 Å². The lowest BCUT2D eigenvalue weighted by Crippen LogP contribution is -2.30. The molecule has 0 saturated heterocycles. The lowest BCUT2D eigenvalue weighted by atomic mass is 10.1. The van der Waals surface area contributed by atoms with Crippen molar-refractivity contribution in [2.45, 2.75) is 20.4 Å². The second-order valence-corrected chi connectivity index (χ2v) is 8.37. The number of thiophene rings is 1. The molecule has 166 valence electrons. The topological polar surface area (TPSA) is 118 Å². The Morgan fingerprint density at radius 1 is 1.12 bits per heavy atom. The first-order chi connectivity index (χ1) is 15.7. The van der Waals surface area contributed by atoms with E-state index in [4.69, 9.17) is 0 Å². The van der Waals surface area contributed by atoms with Gasteiger partial charge in [0.1, 0.15) is 17.2 Å². The quantitative estimate of drug-likeness (QED) is 0.420. The molecule has 9 heteroatoms. The average Bonchev–Trinajstić information content (AvgIpc) is 3.20. The summed E-state index contributed by atoms with van der Waals surface area (Å²) in [6.07, 6.45) is 0. The lowest BCUT2D eigenvalue weighted by molar-refractivity contribution is -0.116. The van der Waals surface area contributed by atoms with Crippen molar-refractivity contribution in [1.29, 1.82) is 0 Å². The standard InChI is InChI=1S/C24H19N3O5S/c1-13-5-3-7-16(9-13)21-26-22-20(18(12-33-22)24(31)32)23(30)27(21)11-19(29)25-17-8-4-6-15(10-17)14(2)28/h3-10,12H,11H2,1-2H3,(H,25,29)(H,31,32). The number of rotatable bonds is 6. The van der Waals surface area contributed by atoms with Crippen LogP contribution in [0.2, 0.25) is 0 Å². The number of carbonyl (C=O) groups is 3. The van der Waals surface area contributed by atoms with Gasteiger partial charge in [0.05, 0.1) is 10.9 Å². The zero-order chi connectivity index (χ0) is 23.7. The molecule has 0 atom stereocenters. The molecule has 4 rings (SSSR count). The van der Waals surface area contributed by atoms with Crippen LogP contribution in [0.15, 0.2) is 58.7 Å². The van der Waals surface area contributed by atoms with Gasteiger partial charge in [-0.25, -0.2) is 9.78 Å². The number of aryl methyl sites for hydroxylation is 1. The number of hydrogen-bond acceptors (Lipinski definition) is 6. The fourth-order valence-corrected chi connectivity index (χ4v) is 4.40. The van der Waals surface area contributed by atoms with E-state index in [2.05, 4.69) is 10.3 Å². The van der Waals surface area contributed by atoms with E-state index in [-0.39, 0.29) is 29.1 Å². The molecule has 0 fully saturated rings. The van der Waals surface area contributed by atoms with Gasteiger partial charge in [-0.2, -0.15) is 0 Å². The third-order valence-corrected chi connectivity index (χ3v) is 5.93. The van der Waals surface area contributed by atoms with E-state index in [0.29, 0.717) is 21.6 Å². The van der Waals surface area contributed by atoms with Crippen LogP contribution in [0.3, 0.4) is 0 Å². The summed E-state index contributed by atoms with van der Waals surface area (Å²) >= 11 is 1.07. The Morgan fingerprint density at radius 2 is 1.88 bits per heavy atom. The summed E-state index contributed by atoms with van der Waals surface area (Å²) in [6.45, 7) is 2.94. The predicted molar refractivity (Wildman–Crippen MR) is 126 cm³/mol. The molecule has 8 nitrogen and oxygen atoms in total. The van der Waals surface area contributed by atoms with Crippen LogP contribution in [0, 0.1) is 6.92 Å². The highest BCUT2D eigenvalue weighted by atomic mass is 32.1. The largest absolute Gasteiger partial charge is 0.478 e. The monoisotopic (exact) mass is 461 g/mol. The van der Waals surface area contributed by atoms with E-state index in [9.17, 15) is 24.3 Å². The number of carboxylic acids is 1.